The molecule has 4 nitrogen and oxygen atoms in total. The van der Waals surface area contributed by atoms with Gasteiger partial charge in [0.25, 0.3) is 0 Å². The number of rotatable bonds is 8. The van der Waals surface area contributed by atoms with Gasteiger partial charge in [-0.3, -0.25) is 0 Å². The molecule has 1 heterocycles. The van der Waals surface area contributed by atoms with Crippen LogP contribution in [0, 0.1) is 0 Å². The van der Waals surface area contributed by atoms with Crippen molar-refractivity contribution in [2.24, 2.45) is 0 Å². The van der Waals surface area contributed by atoms with Gasteiger partial charge in [-0.15, -0.1) is 10.2 Å². The first kappa shape index (κ1) is 19.8. The summed E-state index contributed by atoms with van der Waals surface area (Å²) in [6, 6.07) is 16.5. The lowest BCUT2D eigenvalue weighted by molar-refractivity contribution is 0.687. The number of anilines is 1. The minimum Gasteiger partial charge on any atom is -0.372 e. The van der Waals surface area contributed by atoms with E-state index in [-0.39, 0.29) is 0 Å². The number of halogens is 1. The molecule has 0 radical (unpaired) electrons. The number of thioether (sulfide) groups is 1. The molecule has 0 aliphatic carbocycles. The third kappa shape index (κ3) is 4.47. The monoisotopic (exact) mass is 400 g/mol. The molecule has 2 aromatic carbocycles. The molecule has 3 rings (SSSR count). The maximum absolute atomic E-state index is 6.27. The van der Waals surface area contributed by atoms with Gasteiger partial charge in [0.2, 0.25) is 0 Å². The molecule has 0 saturated carbocycles. The lowest BCUT2D eigenvalue weighted by Crippen LogP contribution is -2.21. The summed E-state index contributed by atoms with van der Waals surface area (Å²) in [5.41, 5.74) is 3.43. The van der Waals surface area contributed by atoms with Crippen molar-refractivity contribution in [1.29, 1.82) is 0 Å². The van der Waals surface area contributed by atoms with Crippen LogP contribution in [0.3, 0.4) is 0 Å². The molecule has 0 N–H and O–H groups in total. The van der Waals surface area contributed by atoms with Crippen LogP contribution in [0.4, 0.5) is 5.69 Å². The molecular weight excluding hydrogens is 376 g/mol. The van der Waals surface area contributed by atoms with E-state index >= 15 is 0 Å². The molecule has 0 fully saturated rings. The van der Waals surface area contributed by atoms with Gasteiger partial charge >= 0.3 is 0 Å². The maximum Gasteiger partial charge on any atom is 0.191 e. The van der Waals surface area contributed by atoms with Gasteiger partial charge in [0, 0.05) is 41.7 Å². The first-order valence-corrected chi connectivity index (χ1v) is 10.7. The van der Waals surface area contributed by atoms with E-state index in [1.165, 1.54) is 5.69 Å². The predicted molar refractivity (Wildman–Crippen MR) is 116 cm³/mol. The van der Waals surface area contributed by atoms with E-state index in [0.29, 0.717) is 0 Å². The molecule has 0 unspecified atom stereocenters. The van der Waals surface area contributed by atoms with Crippen molar-refractivity contribution in [3.8, 4) is 11.4 Å². The van der Waals surface area contributed by atoms with E-state index in [4.69, 9.17) is 11.6 Å². The quantitative estimate of drug-likeness (QED) is 0.450. The SMILES string of the molecule is CCN(CC)c1ccc(-c2nnc(SCc3ccccc3Cl)n2CC)cc1. The Balaban J connectivity index is 1.80. The molecule has 0 aliphatic rings. The van der Waals surface area contributed by atoms with Crippen LogP contribution in [0.2, 0.25) is 5.02 Å². The van der Waals surface area contributed by atoms with Crippen molar-refractivity contribution in [3.63, 3.8) is 0 Å². The lowest BCUT2D eigenvalue weighted by atomic mass is 10.2. The number of aromatic nitrogens is 3. The summed E-state index contributed by atoms with van der Waals surface area (Å²) < 4.78 is 2.16. The summed E-state index contributed by atoms with van der Waals surface area (Å²) in [6.45, 7) is 9.30. The van der Waals surface area contributed by atoms with Crippen molar-refractivity contribution >= 4 is 29.1 Å². The Bertz CT molecular complexity index is 872. The first-order chi connectivity index (χ1) is 13.2. The largest absolute Gasteiger partial charge is 0.372 e. The average molecular weight is 401 g/mol. The minimum absolute atomic E-state index is 0.776. The van der Waals surface area contributed by atoms with Crippen molar-refractivity contribution in [1.82, 2.24) is 14.8 Å². The van der Waals surface area contributed by atoms with Crippen LogP contribution in [0.1, 0.15) is 26.3 Å². The molecule has 3 aromatic rings. The molecule has 0 amide bonds. The summed E-state index contributed by atoms with van der Waals surface area (Å²) in [5, 5.41) is 10.6. The zero-order chi connectivity index (χ0) is 19.2. The van der Waals surface area contributed by atoms with Gasteiger partial charge in [0.1, 0.15) is 0 Å². The molecule has 142 valence electrons. The highest BCUT2D eigenvalue weighted by molar-refractivity contribution is 7.98. The normalized spacial score (nSPS) is 11.0. The molecule has 1 aromatic heterocycles. The third-order valence-corrected chi connectivity index (χ3v) is 5.99. The van der Waals surface area contributed by atoms with Crippen LogP contribution < -0.4 is 4.90 Å². The fourth-order valence-electron chi connectivity index (χ4n) is 3.06. The van der Waals surface area contributed by atoms with Crippen molar-refractivity contribution in [2.45, 2.75) is 38.2 Å². The van der Waals surface area contributed by atoms with Crippen LogP contribution in [0.25, 0.3) is 11.4 Å². The van der Waals surface area contributed by atoms with Crippen LogP contribution in [0.5, 0.6) is 0 Å². The van der Waals surface area contributed by atoms with Crippen LogP contribution in [-0.2, 0) is 12.3 Å². The van der Waals surface area contributed by atoms with E-state index in [0.717, 1.165) is 52.5 Å². The fraction of sp³-hybridized carbons (Fsp3) is 0.333. The Morgan fingerprint density at radius 3 is 2.30 bits per heavy atom. The van der Waals surface area contributed by atoms with Crippen molar-refractivity contribution in [3.05, 3.63) is 59.1 Å². The van der Waals surface area contributed by atoms with Gasteiger partial charge in [0.05, 0.1) is 0 Å². The van der Waals surface area contributed by atoms with Gasteiger partial charge in [-0.2, -0.15) is 0 Å². The number of benzene rings is 2. The molecule has 0 bridgehead atoms. The second-order valence-electron chi connectivity index (χ2n) is 6.15. The van der Waals surface area contributed by atoms with Crippen molar-refractivity contribution < 1.29 is 0 Å². The van der Waals surface area contributed by atoms with Crippen LogP contribution in [0.15, 0.2) is 53.7 Å². The van der Waals surface area contributed by atoms with E-state index in [1.54, 1.807) is 11.8 Å². The van der Waals surface area contributed by atoms with Gasteiger partial charge in [0.15, 0.2) is 11.0 Å². The smallest absolute Gasteiger partial charge is 0.191 e. The predicted octanol–water partition coefficient (Wildman–Crippen LogP) is 5.76. The van der Waals surface area contributed by atoms with E-state index in [2.05, 4.69) is 70.8 Å². The summed E-state index contributed by atoms with van der Waals surface area (Å²) >= 11 is 7.94. The number of hydrogen-bond acceptors (Lipinski definition) is 4. The zero-order valence-corrected chi connectivity index (χ0v) is 17.6. The Labute approximate surface area is 170 Å². The lowest BCUT2D eigenvalue weighted by Gasteiger charge is -2.21. The fourth-order valence-corrected chi connectivity index (χ4v) is 4.35. The Hall–Kier alpha value is -1.98. The molecule has 0 spiro atoms. The minimum atomic E-state index is 0.776. The van der Waals surface area contributed by atoms with Crippen molar-refractivity contribution in [2.75, 3.05) is 18.0 Å². The Morgan fingerprint density at radius 2 is 1.67 bits per heavy atom. The molecule has 0 saturated heterocycles. The summed E-state index contributed by atoms with van der Waals surface area (Å²) in [5.74, 6) is 1.68. The second-order valence-corrected chi connectivity index (χ2v) is 7.50. The highest BCUT2D eigenvalue weighted by Gasteiger charge is 2.14. The summed E-state index contributed by atoms with van der Waals surface area (Å²) in [7, 11) is 0. The molecule has 0 atom stereocenters. The van der Waals surface area contributed by atoms with Gasteiger partial charge in [-0.05, 0) is 56.7 Å². The standard InChI is InChI=1S/C21H25ClN4S/c1-4-25(5-2)18-13-11-16(12-14-18)20-23-24-21(26(20)6-3)27-15-17-9-7-8-10-19(17)22/h7-14H,4-6,15H2,1-3H3. The second kappa shape index (κ2) is 9.29. The summed E-state index contributed by atoms with van der Waals surface area (Å²) in [6.07, 6.45) is 0. The van der Waals surface area contributed by atoms with Gasteiger partial charge in [-0.1, -0.05) is 41.6 Å². The van der Waals surface area contributed by atoms with E-state index in [9.17, 15) is 0 Å². The highest BCUT2D eigenvalue weighted by Crippen LogP contribution is 2.29. The van der Waals surface area contributed by atoms with Gasteiger partial charge < -0.3 is 9.47 Å². The number of hydrogen-bond donors (Lipinski definition) is 0. The maximum atomic E-state index is 6.27. The third-order valence-electron chi connectivity index (χ3n) is 4.60. The Morgan fingerprint density at radius 1 is 0.963 bits per heavy atom. The average Bonchev–Trinajstić information content (AvgIpc) is 3.12. The van der Waals surface area contributed by atoms with Crippen LogP contribution in [-0.4, -0.2) is 27.9 Å². The summed E-state index contributed by atoms with van der Waals surface area (Å²) in [4.78, 5) is 2.33. The van der Waals surface area contributed by atoms with E-state index in [1.807, 2.05) is 18.2 Å². The molecule has 27 heavy (non-hydrogen) atoms. The van der Waals surface area contributed by atoms with E-state index < -0.39 is 0 Å². The zero-order valence-electron chi connectivity index (χ0n) is 16.0. The van der Waals surface area contributed by atoms with Gasteiger partial charge in [-0.25, -0.2) is 0 Å². The topological polar surface area (TPSA) is 34.0 Å². The number of nitrogens with zero attached hydrogens (tertiary/aromatic N) is 4. The molecule has 0 aliphatic heterocycles. The molecule has 6 heteroatoms. The highest BCUT2D eigenvalue weighted by atomic mass is 35.5. The van der Waals surface area contributed by atoms with Crippen LogP contribution >= 0.6 is 23.4 Å². The first-order valence-electron chi connectivity index (χ1n) is 9.32. The molecular formula is C21H25ClN4S. The Kier molecular flexibility index (Phi) is 6.80.